The number of nitrogens with zero attached hydrogens (tertiary/aromatic N) is 6. The van der Waals surface area contributed by atoms with Crippen molar-refractivity contribution in [2.75, 3.05) is 5.73 Å². The van der Waals surface area contributed by atoms with Crippen LogP contribution < -0.4 is 11.2 Å². The monoisotopic (exact) mass is 452 g/mol. The fourth-order valence-corrected chi connectivity index (χ4v) is 3.59. The van der Waals surface area contributed by atoms with E-state index in [9.17, 15) is 9.18 Å². The van der Waals surface area contributed by atoms with Gasteiger partial charge < -0.3 is 5.73 Å². The number of hydrogen-bond donors (Lipinski definition) is 2. The maximum atomic E-state index is 13.7. The number of nitrogen functional groups attached to an aromatic ring is 1. The molecule has 12 heteroatoms. The quantitative estimate of drug-likeness (QED) is 0.248. The van der Waals surface area contributed by atoms with E-state index in [1.807, 2.05) is 31.2 Å². The van der Waals surface area contributed by atoms with Gasteiger partial charge in [-0.15, -0.1) is 16.9 Å². The number of nitrogens with one attached hydrogen (secondary N) is 1. The summed E-state index contributed by atoms with van der Waals surface area (Å²) in [6.45, 7) is 2.00. The molecule has 0 bridgehead atoms. The number of rotatable bonds is 7. The molecule has 0 aliphatic rings. The molecule has 2 aromatic carbocycles. The van der Waals surface area contributed by atoms with Gasteiger partial charge in [-0.1, -0.05) is 41.1 Å². The van der Waals surface area contributed by atoms with Gasteiger partial charge in [-0.25, -0.2) is 14.4 Å². The second-order valence-electron chi connectivity index (χ2n) is 6.59. The molecule has 0 saturated carbocycles. The lowest BCUT2D eigenvalue weighted by molar-refractivity contribution is 0.0949. The summed E-state index contributed by atoms with van der Waals surface area (Å²) in [5.41, 5.74) is 9.92. The molecule has 10 nitrogen and oxygen atoms in total. The van der Waals surface area contributed by atoms with Crippen LogP contribution in [-0.4, -0.2) is 37.4 Å². The van der Waals surface area contributed by atoms with Crippen molar-refractivity contribution in [3.63, 3.8) is 0 Å². The number of hydrogen-bond acceptors (Lipinski definition) is 9. The van der Waals surface area contributed by atoms with Gasteiger partial charge in [0.25, 0.3) is 5.91 Å². The lowest BCUT2D eigenvalue weighted by atomic mass is 10.2. The van der Waals surface area contributed by atoms with Gasteiger partial charge in [-0.05, 0) is 35.4 Å². The molecule has 162 valence electrons. The first kappa shape index (κ1) is 21.2. The Morgan fingerprint density at radius 3 is 2.75 bits per heavy atom. The first-order valence-electron chi connectivity index (χ1n) is 9.33. The molecule has 0 saturated heterocycles. The van der Waals surface area contributed by atoms with E-state index < -0.39 is 11.7 Å². The third-order valence-corrected chi connectivity index (χ3v) is 5.37. The Labute approximate surface area is 185 Å². The lowest BCUT2D eigenvalue weighted by Gasteiger charge is -2.06. The highest BCUT2D eigenvalue weighted by Gasteiger charge is 2.24. The molecule has 0 fully saturated rings. The first-order valence-corrected chi connectivity index (χ1v) is 10.3. The average molecular weight is 452 g/mol. The molecule has 0 aliphatic carbocycles. The zero-order chi connectivity index (χ0) is 22.5. The number of thioether (sulfide) groups is 1. The first-order chi connectivity index (χ1) is 15.5. The van der Waals surface area contributed by atoms with Crippen molar-refractivity contribution in [1.82, 2.24) is 30.7 Å². The number of amides is 1. The number of aromatic nitrogens is 5. The topological polar surface area (TPSA) is 137 Å². The fraction of sp³-hybridized carbons (Fsp3) is 0.100. The van der Waals surface area contributed by atoms with E-state index in [-0.39, 0.29) is 22.9 Å². The van der Waals surface area contributed by atoms with Gasteiger partial charge in [0.1, 0.15) is 5.82 Å². The largest absolute Gasteiger partial charge is 0.378 e. The molecule has 0 radical (unpaired) electrons. The van der Waals surface area contributed by atoms with Crippen LogP contribution in [0.4, 0.5) is 10.2 Å². The summed E-state index contributed by atoms with van der Waals surface area (Å²) < 4.78 is 19.7. The Morgan fingerprint density at radius 1 is 1.25 bits per heavy atom. The van der Waals surface area contributed by atoms with E-state index in [0.29, 0.717) is 11.4 Å². The fourth-order valence-electron chi connectivity index (χ4n) is 2.69. The van der Waals surface area contributed by atoms with Gasteiger partial charge in [-0.3, -0.25) is 4.79 Å². The van der Waals surface area contributed by atoms with Crippen LogP contribution in [0.25, 0.3) is 5.82 Å². The van der Waals surface area contributed by atoms with Gasteiger partial charge >= 0.3 is 0 Å². The van der Waals surface area contributed by atoms with Crippen LogP contribution in [0.1, 0.15) is 27.3 Å². The van der Waals surface area contributed by atoms with E-state index in [4.69, 9.17) is 5.73 Å². The number of anilines is 1. The average Bonchev–Trinajstić information content (AvgIpc) is 3.40. The minimum Gasteiger partial charge on any atom is -0.378 e. The molecule has 0 aliphatic heterocycles. The van der Waals surface area contributed by atoms with Crippen molar-refractivity contribution < 1.29 is 13.8 Å². The van der Waals surface area contributed by atoms with Gasteiger partial charge in [0.05, 0.1) is 11.9 Å². The number of halogens is 1. The molecule has 0 atom stereocenters. The van der Waals surface area contributed by atoms with Crippen LogP contribution in [0.3, 0.4) is 0 Å². The molecule has 32 heavy (non-hydrogen) atoms. The van der Waals surface area contributed by atoms with Crippen LogP contribution in [0, 0.1) is 12.7 Å². The second-order valence-corrected chi connectivity index (χ2v) is 7.64. The van der Waals surface area contributed by atoms with Crippen molar-refractivity contribution >= 4 is 29.7 Å². The molecule has 0 spiro atoms. The van der Waals surface area contributed by atoms with Crippen molar-refractivity contribution in [1.29, 1.82) is 0 Å². The number of hydrazone groups is 1. The van der Waals surface area contributed by atoms with E-state index in [0.717, 1.165) is 10.5 Å². The van der Waals surface area contributed by atoms with Gasteiger partial charge in [-0.2, -0.15) is 9.78 Å². The van der Waals surface area contributed by atoms with E-state index in [2.05, 4.69) is 35.8 Å². The Bertz CT molecular complexity index is 1270. The summed E-state index contributed by atoms with van der Waals surface area (Å²) in [7, 11) is 0. The molecule has 1 amide bonds. The highest BCUT2D eigenvalue weighted by Crippen LogP contribution is 2.26. The molecule has 4 aromatic rings. The molecule has 3 N–H and O–H groups in total. The standard InChI is InChI=1S/C20H17FN8O2S/c1-12-6-8-14(9-7-12)32-11-16-17(24-28-29(16)19-18(22)26-31-27-19)20(30)25-23-10-13-4-2-3-5-15(13)21/h2-10H,11H2,1H3,(H2,22,26)(H,25,30). The van der Waals surface area contributed by atoms with Crippen molar-refractivity contribution in [3.8, 4) is 5.82 Å². The van der Waals surface area contributed by atoms with Gasteiger partial charge in [0, 0.05) is 16.2 Å². The van der Waals surface area contributed by atoms with Crippen LogP contribution in [0.2, 0.25) is 0 Å². The van der Waals surface area contributed by atoms with E-state index in [1.54, 1.807) is 12.1 Å². The Hall–Kier alpha value is -4.06. The van der Waals surface area contributed by atoms with Crippen molar-refractivity contribution in [2.45, 2.75) is 17.6 Å². The highest BCUT2D eigenvalue weighted by atomic mass is 32.2. The number of aryl methyl sites for hydroxylation is 1. The summed E-state index contributed by atoms with van der Waals surface area (Å²) in [4.78, 5) is 13.7. The summed E-state index contributed by atoms with van der Waals surface area (Å²) in [5.74, 6) is -0.645. The number of nitrogens with two attached hydrogens (primary N) is 1. The van der Waals surface area contributed by atoms with Gasteiger partial charge in [0.2, 0.25) is 11.6 Å². The SMILES string of the molecule is Cc1ccc(SCc2c(C(=O)NN=Cc3ccccc3F)nnn2-c2nonc2N)cc1. The molecule has 2 heterocycles. The number of benzene rings is 2. The summed E-state index contributed by atoms with van der Waals surface area (Å²) in [6.07, 6.45) is 1.21. The summed E-state index contributed by atoms with van der Waals surface area (Å²) >= 11 is 1.47. The number of carbonyl (C=O) groups excluding carboxylic acids is 1. The van der Waals surface area contributed by atoms with Gasteiger partial charge in [0.15, 0.2) is 5.69 Å². The summed E-state index contributed by atoms with van der Waals surface area (Å²) in [5, 5.41) is 19.0. The normalized spacial score (nSPS) is 11.2. The van der Waals surface area contributed by atoms with Crippen molar-refractivity contribution in [3.05, 3.63) is 76.9 Å². The number of carbonyl (C=O) groups is 1. The van der Waals surface area contributed by atoms with Crippen LogP contribution >= 0.6 is 11.8 Å². The zero-order valence-corrected chi connectivity index (χ0v) is 17.6. The van der Waals surface area contributed by atoms with E-state index >= 15 is 0 Å². The third kappa shape index (κ3) is 4.64. The van der Waals surface area contributed by atoms with Crippen LogP contribution in [0.15, 0.2) is 63.2 Å². The molecule has 4 rings (SSSR count). The lowest BCUT2D eigenvalue weighted by Crippen LogP contribution is -2.20. The Kier molecular flexibility index (Phi) is 6.22. The minimum atomic E-state index is -0.627. The Balaban J connectivity index is 1.58. The van der Waals surface area contributed by atoms with E-state index in [1.165, 1.54) is 34.8 Å². The maximum Gasteiger partial charge on any atom is 0.293 e. The predicted molar refractivity (Wildman–Crippen MR) is 116 cm³/mol. The Morgan fingerprint density at radius 2 is 2.03 bits per heavy atom. The van der Waals surface area contributed by atoms with Crippen LogP contribution in [0.5, 0.6) is 0 Å². The van der Waals surface area contributed by atoms with Crippen LogP contribution in [-0.2, 0) is 5.75 Å². The predicted octanol–water partition coefficient (Wildman–Crippen LogP) is 2.74. The summed E-state index contributed by atoms with van der Waals surface area (Å²) in [6, 6.07) is 14.0. The zero-order valence-electron chi connectivity index (χ0n) is 16.8. The third-order valence-electron chi connectivity index (χ3n) is 4.35. The second kappa shape index (κ2) is 9.39. The molecule has 0 unspecified atom stereocenters. The molecular formula is C20H17FN8O2S. The van der Waals surface area contributed by atoms with Crippen molar-refractivity contribution in [2.24, 2.45) is 5.10 Å². The minimum absolute atomic E-state index is 0.000942. The maximum absolute atomic E-state index is 13.7. The molecule has 2 aromatic heterocycles. The molecular weight excluding hydrogens is 435 g/mol. The highest BCUT2D eigenvalue weighted by molar-refractivity contribution is 7.98. The smallest absolute Gasteiger partial charge is 0.293 e.